The Bertz CT molecular complexity index is 514. The molecule has 2 aromatic rings. The molecule has 1 atom stereocenters. The smallest absolute Gasteiger partial charge is 0.146 e. The van der Waals surface area contributed by atoms with Gasteiger partial charge in [-0.3, -0.25) is 0 Å². The second-order valence-corrected chi connectivity index (χ2v) is 4.06. The Morgan fingerprint density at radius 2 is 2.33 bits per heavy atom. The summed E-state index contributed by atoms with van der Waals surface area (Å²) in [6, 6.07) is 5.95. The van der Waals surface area contributed by atoms with Crippen molar-refractivity contribution >= 4 is 0 Å². The van der Waals surface area contributed by atoms with Crippen LogP contribution in [0.4, 0.5) is 4.39 Å². The summed E-state index contributed by atoms with van der Waals surface area (Å²) in [6.07, 6.45) is 0.869. The number of nitrogens with zero attached hydrogens (tertiary/aromatic N) is 3. The summed E-state index contributed by atoms with van der Waals surface area (Å²) in [4.78, 5) is 0. The molecule has 0 radical (unpaired) electrons. The third-order valence-electron chi connectivity index (χ3n) is 2.66. The average molecular weight is 250 g/mol. The number of aliphatic hydroxyl groups excluding tert-OH is 1. The number of aromatic nitrogens is 3. The van der Waals surface area contributed by atoms with Gasteiger partial charge in [0.15, 0.2) is 0 Å². The first-order valence-corrected chi connectivity index (χ1v) is 5.64. The van der Waals surface area contributed by atoms with Crippen molar-refractivity contribution in [2.24, 2.45) is 7.05 Å². The fourth-order valence-corrected chi connectivity index (χ4v) is 1.62. The molecule has 0 aliphatic rings. The van der Waals surface area contributed by atoms with Crippen LogP contribution >= 0.6 is 0 Å². The summed E-state index contributed by atoms with van der Waals surface area (Å²) >= 11 is 0. The fraction of sp³-hybridized carbons (Fsp3) is 0.333. The van der Waals surface area contributed by atoms with E-state index in [1.807, 2.05) is 7.05 Å². The van der Waals surface area contributed by atoms with E-state index in [4.69, 9.17) is 0 Å². The highest BCUT2D eigenvalue weighted by molar-refractivity contribution is 5.18. The molecule has 18 heavy (non-hydrogen) atoms. The quantitative estimate of drug-likeness (QED) is 0.823. The van der Waals surface area contributed by atoms with Crippen molar-refractivity contribution in [3.05, 3.63) is 47.8 Å². The van der Waals surface area contributed by atoms with Gasteiger partial charge in [-0.05, 0) is 17.7 Å². The number of aliphatic hydroxyl groups is 1. The molecule has 96 valence electrons. The number of aryl methyl sites for hydroxylation is 1. The van der Waals surface area contributed by atoms with Crippen LogP contribution in [0.3, 0.4) is 0 Å². The van der Waals surface area contributed by atoms with Gasteiger partial charge in [0.05, 0.1) is 12.6 Å². The summed E-state index contributed by atoms with van der Waals surface area (Å²) in [5, 5.41) is 20.6. The van der Waals surface area contributed by atoms with Crippen molar-refractivity contribution < 1.29 is 9.50 Å². The topological polar surface area (TPSA) is 63.0 Å². The monoisotopic (exact) mass is 250 g/mol. The predicted octanol–water partition coefficient (Wildman–Crippen LogP) is 0.777. The standard InChI is InChI=1S/C12H15FN4O/c1-17-8-15-16-12(17)7-14-6-11(18)9-3-2-4-10(13)5-9/h2-5,8,11,14,18H,6-7H2,1H3. The van der Waals surface area contributed by atoms with Gasteiger partial charge in [0.2, 0.25) is 0 Å². The van der Waals surface area contributed by atoms with Gasteiger partial charge < -0.3 is 15.0 Å². The second-order valence-electron chi connectivity index (χ2n) is 4.06. The molecule has 0 spiro atoms. The predicted molar refractivity (Wildman–Crippen MR) is 64.1 cm³/mol. The molecule has 0 amide bonds. The summed E-state index contributed by atoms with van der Waals surface area (Å²) in [6.45, 7) is 0.833. The Morgan fingerprint density at radius 3 is 3.00 bits per heavy atom. The van der Waals surface area contributed by atoms with E-state index in [0.29, 0.717) is 18.7 Å². The minimum atomic E-state index is -0.742. The highest BCUT2D eigenvalue weighted by Crippen LogP contribution is 2.12. The molecule has 2 N–H and O–H groups in total. The highest BCUT2D eigenvalue weighted by Gasteiger charge is 2.08. The van der Waals surface area contributed by atoms with Crippen LogP contribution in [-0.2, 0) is 13.6 Å². The van der Waals surface area contributed by atoms with Crippen LogP contribution in [0, 0.1) is 5.82 Å². The van der Waals surface area contributed by atoms with E-state index >= 15 is 0 Å². The van der Waals surface area contributed by atoms with E-state index < -0.39 is 6.10 Å². The van der Waals surface area contributed by atoms with Gasteiger partial charge in [-0.1, -0.05) is 12.1 Å². The van der Waals surface area contributed by atoms with Gasteiger partial charge in [0, 0.05) is 13.6 Å². The number of benzene rings is 1. The SMILES string of the molecule is Cn1cnnc1CNCC(O)c1cccc(F)c1. The van der Waals surface area contributed by atoms with Gasteiger partial charge in [0.1, 0.15) is 18.0 Å². The molecule has 1 unspecified atom stereocenters. The molecule has 6 heteroatoms. The molecule has 1 aromatic heterocycles. The van der Waals surface area contributed by atoms with Crippen LogP contribution in [0.15, 0.2) is 30.6 Å². The van der Waals surface area contributed by atoms with Crippen molar-refractivity contribution in [3.63, 3.8) is 0 Å². The van der Waals surface area contributed by atoms with E-state index in [1.54, 1.807) is 23.0 Å². The first-order chi connectivity index (χ1) is 8.66. The normalized spacial score (nSPS) is 12.6. The number of hydrogen-bond donors (Lipinski definition) is 2. The minimum absolute atomic E-state index is 0.330. The maximum absolute atomic E-state index is 13.0. The zero-order valence-electron chi connectivity index (χ0n) is 10.0. The Kier molecular flexibility index (Phi) is 4.01. The van der Waals surface area contributed by atoms with Crippen LogP contribution in [0.1, 0.15) is 17.5 Å². The second kappa shape index (κ2) is 5.70. The molecule has 2 rings (SSSR count). The summed E-state index contributed by atoms with van der Waals surface area (Å²) < 4.78 is 14.8. The molecule has 0 saturated heterocycles. The molecule has 1 heterocycles. The Labute approximate surface area is 104 Å². The fourth-order valence-electron chi connectivity index (χ4n) is 1.62. The molecule has 0 aliphatic heterocycles. The summed E-state index contributed by atoms with van der Waals surface area (Å²) in [7, 11) is 1.85. The lowest BCUT2D eigenvalue weighted by Gasteiger charge is -2.11. The van der Waals surface area contributed by atoms with Crippen LogP contribution in [0.5, 0.6) is 0 Å². The Morgan fingerprint density at radius 1 is 1.50 bits per heavy atom. The molecule has 5 nitrogen and oxygen atoms in total. The van der Waals surface area contributed by atoms with Gasteiger partial charge >= 0.3 is 0 Å². The third-order valence-corrected chi connectivity index (χ3v) is 2.66. The van der Waals surface area contributed by atoms with E-state index in [0.717, 1.165) is 5.82 Å². The van der Waals surface area contributed by atoms with Gasteiger partial charge in [-0.25, -0.2) is 4.39 Å². The third kappa shape index (κ3) is 3.12. The van der Waals surface area contributed by atoms with Crippen LogP contribution in [0.2, 0.25) is 0 Å². The Hall–Kier alpha value is -1.79. The van der Waals surface area contributed by atoms with E-state index in [9.17, 15) is 9.50 Å². The molecule has 0 aliphatic carbocycles. The van der Waals surface area contributed by atoms with Crippen molar-refractivity contribution in [1.82, 2.24) is 20.1 Å². The summed E-state index contributed by atoms with van der Waals surface area (Å²) in [5.74, 6) is 0.432. The minimum Gasteiger partial charge on any atom is -0.387 e. The molecule has 0 bridgehead atoms. The maximum Gasteiger partial charge on any atom is 0.146 e. The van der Waals surface area contributed by atoms with Crippen LogP contribution < -0.4 is 5.32 Å². The first-order valence-electron chi connectivity index (χ1n) is 5.64. The lowest BCUT2D eigenvalue weighted by atomic mass is 10.1. The lowest BCUT2D eigenvalue weighted by Crippen LogP contribution is -2.22. The van der Waals surface area contributed by atoms with E-state index in [1.165, 1.54) is 12.1 Å². The zero-order valence-corrected chi connectivity index (χ0v) is 10.0. The number of halogens is 1. The highest BCUT2D eigenvalue weighted by atomic mass is 19.1. The van der Waals surface area contributed by atoms with Crippen molar-refractivity contribution in [3.8, 4) is 0 Å². The number of rotatable bonds is 5. The first kappa shape index (κ1) is 12.7. The van der Waals surface area contributed by atoms with E-state index in [-0.39, 0.29) is 5.82 Å². The van der Waals surface area contributed by atoms with E-state index in [2.05, 4.69) is 15.5 Å². The molecular weight excluding hydrogens is 235 g/mol. The lowest BCUT2D eigenvalue weighted by molar-refractivity contribution is 0.173. The van der Waals surface area contributed by atoms with Gasteiger partial charge in [0.25, 0.3) is 0 Å². The van der Waals surface area contributed by atoms with Crippen LogP contribution in [0.25, 0.3) is 0 Å². The number of hydrogen-bond acceptors (Lipinski definition) is 4. The molecular formula is C12H15FN4O. The summed E-state index contributed by atoms with van der Waals surface area (Å²) in [5.41, 5.74) is 0.556. The van der Waals surface area contributed by atoms with Crippen LogP contribution in [-0.4, -0.2) is 26.4 Å². The molecule has 0 saturated carbocycles. The van der Waals surface area contributed by atoms with Crippen molar-refractivity contribution in [2.75, 3.05) is 6.54 Å². The van der Waals surface area contributed by atoms with Gasteiger partial charge in [-0.2, -0.15) is 0 Å². The Balaban J connectivity index is 1.85. The number of nitrogens with one attached hydrogen (secondary N) is 1. The molecule has 1 aromatic carbocycles. The average Bonchev–Trinajstić information content (AvgIpc) is 2.75. The largest absolute Gasteiger partial charge is 0.387 e. The van der Waals surface area contributed by atoms with Crippen molar-refractivity contribution in [1.29, 1.82) is 0 Å². The maximum atomic E-state index is 13.0. The zero-order chi connectivity index (χ0) is 13.0. The van der Waals surface area contributed by atoms with Crippen molar-refractivity contribution in [2.45, 2.75) is 12.6 Å². The molecule has 0 fully saturated rings. The van der Waals surface area contributed by atoms with Gasteiger partial charge in [-0.15, -0.1) is 10.2 Å².